The zero-order chi connectivity index (χ0) is 22.2. The van der Waals surface area contributed by atoms with E-state index in [1.54, 1.807) is 26.4 Å². The predicted molar refractivity (Wildman–Crippen MR) is 122 cm³/mol. The van der Waals surface area contributed by atoms with Gasteiger partial charge in [-0.3, -0.25) is 0 Å². The summed E-state index contributed by atoms with van der Waals surface area (Å²) in [5.41, 5.74) is 2.71. The van der Waals surface area contributed by atoms with Crippen molar-refractivity contribution in [2.45, 2.75) is 19.6 Å². The minimum absolute atomic E-state index is 0.169. The third-order valence-corrected chi connectivity index (χ3v) is 5.51. The highest BCUT2D eigenvalue weighted by Crippen LogP contribution is 2.34. The second-order valence-corrected chi connectivity index (χ2v) is 7.67. The Morgan fingerprint density at radius 1 is 0.806 bits per heavy atom. The van der Waals surface area contributed by atoms with Crippen LogP contribution >= 0.6 is 23.2 Å². The van der Waals surface area contributed by atoms with Gasteiger partial charge >= 0.3 is 0 Å². The molecule has 3 aromatic carbocycles. The topological polar surface area (TPSA) is 39.7 Å². The van der Waals surface area contributed by atoms with Gasteiger partial charge < -0.3 is 19.5 Å². The maximum atomic E-state index is 13.2. The number of rotatable bonds is 10. The molecule has 3 aromatic rings. The number of hydrogen-bond acceptors (Lipinski definition) is 4. The van der Waals surface area contributed by atoms with Crippen molar-refractivity contribution in [3.8, 4) is 17.2 Å². The van der Waals surface area contributed by atoms with Gasteiger partial charge in [0, 0.05) is 23.2 Å². The Morgan fingerprint density at radius 3 is 2.29 bits per heavy atom. The second kappa shape index (κ2) is 11.2. The monoisotopic (exact) mass is 463 g/mol. The highest BCUT2D eigenvalue weighted by atomic mass is 35.5. The first-order chi connectivity index (χ1) is 15.0. The third kappa shape index (κ3) is 6.26. The van der Waals surface area contributed by atoms with Crippen LogP contribution < -0.4 is 19.5 Å². The minimum atomic E-state index is -0.392. The van der Waals surface area contributed by atoms with Gasteiger partial charge in [-0.15, -0.1) is 0 Å². The summed E-state index contributed by atoms with van der Waals surface area (Å²) in [6.45, 7) is 1.51. The molecule has 0 unspecified atom stereocenters. The van der Waals surface area contributed by atoms with Crippen LogP contribution in [0.1, 0.15) is 16.7 Å². The van der Waals surface area contributed by atoms with Gasteiger partial charge in [0.15, 0.2) is 11.5 Å². The average Bonchev–Trinajstić information content (AvgIpc) is 2.77. The first kappa shape index (κ1) is 23.2. The van der Waals surface area contributed by atoms with Crippen molar-refractivity contribution < 1.29 is 18.6 Å². The van der Waals surface area contributed by atoms with Gasteiger partial charge in [0.05, 0.1) is 19.2 Å². The van der Waals surface area contributed by atoms with Crippen LogP contribution in [0.5, 0.6) is 17.2 Å². The summed E-state index contributed by atoms with van der Waals surface area (Å²) in [6, 6.07) is 15.7. The van der Waals surface area contributed by atoms with Gasteiger partial charge in [-0.25, -0.2) is 4.39 Å². The van der Waals surface area contributed by atoms with Gasteiger partial charge in [0.1, 0.15) is 18.2 Å². The molecule has 7 heteroatoms. The Morgan fingerprint density at radius 2 is 1.55 bits per heavy atom. The largest absolute Gasteiger partial charge is 0.496 e. The van der Waals surface area contributed by atoms with Crippen molar-refractivity contribution in [1.29, 1.82) is 0 Å². The molecule has 0 aromatic heterocycles. The maximum Gasteiger partial charge on any atom is 0.163 e. The molecule has 0 radical (unpaired) electrons. The van der Waals surface area contributed by atoms with E-state index >= 15 is 0 Å². The molecule has 0 aliphatic heterocycles. The van der Waals surface area contributed by atoms with E-state index in [1.165, 1.54) is 12.1 Å². The van der Waals surface area contributed by atoms with Crippen LogP contribution in [0.4, 0.5) is 4.39 Å². The lowest BCUT2D eigenvalue weighted by Gasteiger charge is -2.15. The fourth-order valence-corrected chi connectivity index (χ4v) is 3.58. The molecule has 0 spiro atoms. The van der Waals surface area contributed by atoms with Crippen LogP contribution in [0, 0.1) is 5.82 Å². The summed E-state index contributed by atoms with van der Waals surface area (Å²) >= 11 is 12.5. The van der Waals surface area contributed by atoms with Gasteiger partial charge in [0.25, 0.3) is 0 Å². The lowest BCUT2D eigenvalue weighted by atomic mass is 10.1. The quantitative estimate of drug-likeness (QED) is 0.370. The van der Waals surface area contributed by atoms with Crippen LogP contribution in [-0.4, -0.2) is 20.8 Å². The molecule has 0 bridgehead atoms. The Hall–Kier alpha value is -2.47. The highest BCUT2D eigenvalue weighted by molar-refractivity contribution is 6.31. The lowest BCUT2D eigenvalue weighted by molar-refractivity contribution is 0.284. The van der Waals surface area contributed by atoms with Crippen molar-refractivity contribution >= 4 is 23.2 Å². The Bertz CT molecular complexity index is 1030. The molecule has 3 rings (SSSR count). The molecular formula is C24H24Cl2FNO3. The Balaban J connectivity index is 1.60. The summed E-state index contributed by atoms with van der Waals surface area (Å²) in [7, 11) is 3.24. The van der Waals surface area contributed by atoms with Gasteiger partial charge in [-0.1, -0.05) is 47.5 Å². The van der Waals surface area contributed by atoms with Crippen LogP contribution in [0.15, 0.2) is 54.6 Å². The van der Waals surface area contributed by atoms with E-state index < -0.39 is 5.82 Å². The minimum Gasteiger partial charge on any atom is -0.496 e. The molecule has 0 saturated heterocycles. The van der Waals surface area contributed by atoms with Gasteiger partial charge in [-0.2, -0.15) is 0 Å². The van der Waals surface area contributed by atoms with Crippen LogP contribution in [0.25, 0.3) is 0 Å². The molecule has 0 saturated carbocycles. The van der Waals surface area contributed by atoms with Crippen molar-refractivity contribution in [3.63, 3.8) is 0 Å². The zero-order valence-electron chi connectivity index (χ0n) is 17.4. The Labute approximate surface area is 191 Å². The molecule has 4 nitrogen and oxygen atoms in total. The molecule has 0 aliphatic rings. The third-order valence-electron chi connectivity index (χ3n) is 4.81. The van der Waals surface area contributed by atoms with E-state index in [9.17, 15) is 4.39 Å². The normalized spacial score (nSPS) is 10.7. The fraction of sp³-hybridized carbons (Fsp3) is 0.250. The highest BCUT2D eigenvalue weighted by Gasteiger charge is 2.12. The summed E-state index contributed by atoms with van der Waals surface area (Å²) < 4.78 is 29.9. The predicted octanol–water partition coefficient (Wildman–Crippen LogP) is 6.06. The number of para-hydroxylation sites is 1. The van der Waals surface area contributed by atoms with E-state index in [0.717, 1.165) is 29.8 Å². The summed E-state index contributed by atoms with van der Waals surface area (Å²) in [5.74, 6) is 1.54. The number of benzene rings is 3. The standard InChI is InChI=1S/C24H24Cl2FNO3/c1-29-22-6-4-3-5-16(22)9-10-28-14-18-11-23(30-2)24(13-21(18)26)31-15-17-7-8-19(27)12-20(17)25/h3-8,11-13,28H,9-10,14-15H2,1-2H3. The second-order valence-electron chi connectivity index (χ2n) is 6.86. The lowest BCUT2D eigenvalue weighted by Crippen LogP contribution is -2.17. The molecule has 1 N–H and O–H groups in total. The van der Waals surface area contributed by atoms with Gasteiger partial charge in [-0.05, 0) is 48.4 Å². The van der Waals surface area contributed by atoms with Gasteiger partial charge in [0.2, 0.25) is 0 Å². The number of hydrogen-bond donors (Lipinski definition) is 1. The molecule has 0 amide bonds. The van der Waals surface area contributed by atoms with E-state index in [4.69, 9.17) is 37.4 Å². The Kier molecular flexibility index (Phi) is 8.41. The summed E-state index contributed by atoms with van der Waals surface area (Å²) in [5, 5.41) is 4.26. The van der Waals surface area contributed by atoms with E-state index in [0.29, 0.717) is 33.7 Å². The van der Waals surface area contributed by atoms with Crippen LogP contribution in [0.2, 0.25) is 10.0 Å². The number of halogens is 3. The zero-order valence-corrected chi connectivity index (χ0v) is 18.9. The molecule has 164 valence electrons. The van der Waals surface area contributed by atoms with Crippen molar-refractivity contribution in [3.05, 3.63) is 87.2 Å². The molecule has 0 heterocycles. The SMILES string of the molecule is COc1ccccc1CCNCc1cc(OC)c(OCc2ccc(F)cc2Cl)cc1Cl. The van der Waals surface area contributed by atoms with Crippen LogP contribution in [0.3, 0.4) is 0 Å². The van der Waals surface area contributed by atoms with E-state index in [-0.39, 0.29) is 6.61 Å². The smallest absolute Gasteiger partial charge is 0.163 e. The van der Waals surface area contributed by atoms with Crippen molar-refractivity contribution in [2.24, 2.45) is 0 Å². The number of methoxy groups -OCH3 is 2. The number of nitrogens with one attached hydrogen (secondary N) is 1. The summed E-state index contributed by atoms with van der Waals surface area (Å²) in [4.78, 5) is 0. The molecule has 31 heavy (non-hydrogen) atoms. The van der Waals surface area contributed by atoms with Crippen molar-refractivity contribution in [1.82, 2.24) is 5.32 Å². The first-order valence-electron chi connectivity index (χ1n) is 9.77. The van der Waals surface area contributed by atoms with Crippen molar-refractivity contribution in [2.75, 3.05) is 20.8 Å². The van der Waals surface area contributed by atoms with E-state index in [2.05, 4.69) is 11.4 Å². The average molecular weight is 464 g/mol. The molecule has 0 aliphatic carbocycles. The summed E-state index contributed by atoms with van der Waals surface area (Å²) in [6.07, 6.45) is 0.832. The number of ether oxygens (including phenoxy) is 3. The molecular weight excluding hydrogens is 440 g/mol. The fourth-order valence-electron chi connectivity index (χ4n) is 3.13. The van der Waals surface area contributed by atoms with Crippen LogP contribution in [-0.2, 0) is 19.6 Å². The van der Waals surface area contributed by atoms with E-state index in [1.807, 2.05) is 24.3 Å². The first-order valence-corrected chi connectivity index (χ1v) is 10.5. The molecule has 0 fully saturated rings. The molecule has 0 atom stereocenters. The maximum absolute atomic E-state index is 13.2.